The third-order valence-electron chi connectivity index (χ3n) is 4.64. The molecule has 1 aromatic heterocycles. The molecule has 4 rings (SSSR count). The van der Waals surface area contributed by atoms with Crippen molar-refractivity contribution < 1.29 is 9.59 Å². The molecule has 3 aromatic rings. The van der Waals surface area contributed by atoms with Crippen molar-refractivity contribution in [2.75, 3.05) is 6.54 Å². The Morgan fingerprint density at radius 1 is 1.19 bits per heavy atom. The minimum absolute atomic E-state index is 0.0218. The first kappa shape index (κ1) is 17.4. The number of carbonyl (C=O) groups is 2. The van der Waals surface area contributed by atoms with E-state index >= 15 is 0 Å². The Bertz CT molecular complexity index is 997. The van der Waals surface area contributed by atoms with E-state index in [1.807, 2.05) is 30.3 Å². The quantitative estimate of drug-likeness (QED) is 0.711. The predicted molar refractivity (Wildman–Crippen MR) is 102 cm³/mol. The highest BCUT2D eigenvalue weighted by Crippen LogP contribution is 2.32. The summed E-state index contributed by atoms with van der Waals surface area (Å²) in [5, 5.41) is 10.6. The van der Waals surface area contributed by atoms with Crippen molar-refractivity contribution in [3.8, 4) is 11.4 Å². The van der Waals surface area contributed by atoms with Crippen molar-refractivity contribution in [3.05, 3.63) is 70.5 Å². The van der Waals surface area contributed by atoms with Gasteiger partial charge in [-0.15, -0.1) is 0 Å². The fourth-order valence-corrected chi connectivity index (χ4v) is 3.38. The summed E-state index contributed by atoms with van der Waals surface area (Å²) >= 11 is 5.89. The molecule has 2 N–H and O–H groups in total. The van der Waals surface area contributed by atoms with Crippen LogP contribution in [-0.2, 0) is 11.2 Å². The number of fused-ring (bicyclic) bond motifs is 1. The van der Waals surface area contributed by atoms with Gasteiger partial charge >= 0.3 is 0 Å². The van der Waals surface area contributed by atoms with E-state index in [0.717, 1.165) is 11.1 Å². The van der Waals surface area contributed by atoms with E-state index in [-0.39, 0.29) is 18.1 Å². The number of benzene rings is 2. The number of Topliss-reactive ketones (excluding diaryl/α,β-unsaturated/α-hetero) is 1. The van der Waals surface area contributed by atoms with Gasteiger partial charge in [-0.25, -0.2) is 4.98 Å². The highest BCUT2D eigenvalue weighted by atomic mass is 35.5. The zero-order valence-corrected chi connectivity index (χ0v) is 15.2. The number of rotatable bonds is 5. The van der Waals surface area contributed by atoms with Gasteiger partial charge in [-0.2, -0.15) is 5.10 Å². The molecule has 7 heteroatoms. The van der Waals surface area contributed by atoms with Gasteiger partial charge in [0.1, 0.15) is 5.82 Å². The summed E-state index contributed by atoms with van der Waals surface area (Å²) in [6.45, 7) is 0.418. The first-order chi connectivity index (χ1) is 13.1. The molecule has 1 aliphatic rings. The molecule has 1 unspecified atom stereocenters. The van der Waals surface area contributed by atoms with Gasteiger partial charge in [0.15, 0.2) is 11.6 Å². The van der Waals surface area contributed by atoms with Crippen molar-refractivity contribution in [2.24, 2.45) is 0 Å². The SMILES string of the molecule is O=C1CC(C(=O)NCCc2nc(-c3ccc(Cl)cc3)n[nH]2)c2ccccc21. The van der Waals surface area contributed by atoms with Crippen LogP contribution in [0, 0.1) is 0 Å². The van der Waals surface area contributed by atoms with Crippen molar-refractivity contribution in [3.63, 3.8) is 0 Å². The minimum atomic E-state index is -0.409. The number of H-pyrrole nitrogens is 1. The number of amides is 1. The molecule has 0 saturated carbocycles. The molecule has 0 aliphatic heterocycles. The standard InChI is InChI=1S/C20H17ClN4O2/c21-13-7-5-12(6-8-13)19-23-18(24-25-19)9-10-22-20(27)16-11-17(26)15-4-2-1-3-14(15)16/h1-8,16H,9-11H2,(H,22,27)(H,23,24,25). The summed E-state index contributed by atoms with van der Waals surface area (Å²) < 4.78 is 0. The Kier molecular flexibility index (Phi) is 4.73. The monoisotopic (exact) mass is 380 g/mol. The first-order valence-corrected chi connectivity index (χ1v) is 9.06. The van der Waals surface area contributed by atoms with Crippen molar-refractivity contribution in [2.45, 2.75) is 18.8 Å². The van der Waals surface area contributed by atoms with Crippen LogP contribution < -0.4 is 5.32 Å². The Hall–Kier alpha value is -2.99. The molecule has 1 aliphatic carbocycles. The highest BCUT2D eigenvalue weighted by Gasteiger charge is 2.33. The zero-order valence-electron chi connectivity index (χ0n) is 14.4. The summed E-state index contributed by atoms with van der Waals surface area (Å²) in [6, 6.07) is 14.6. The topological polar surface area (TPSA) is 87.7 Å². The fourth-order valence-electron chi connectivity index (χ4n) is 3.26. The zero-order chi connectivity index (χ0) is 18.8. The Morgan fingerprint density at radius 2 is 1.96 bits per heavy atom. The Labute approximate surface area is 161 Å². The molecule has 1 amide bonds. The smallest absolute Gasteiger partial charge is 0.228 e. The molecule has 2 aromatic carbocycles. The lowest BCUT2D eigenvalue weighted by Gasteiger charge is -2.10. The van der Waals surface area contributed by atoms with Gasteiger partial charge in [0, 0.05) is 35.5 Å². The molecule has 6 nitrogen and oxygen atoms in total. The van der Waals surface area contributed by atoms with Gasteiger partial charge in [0.2, 0.25) is 5.91 Å². The maximum atomic E-state index is 12.5. The number of carbonyl (C=O) groups excluding carboxylic acids is 2. The lowest BCUT2D eigenvalue weighted by atomic mass is 10.0. The van der Waals surface area contributed by atoms with E-state index in [1.165, 1.54) is 0 Å². The molecule has 27 heavy (non-hydrogen) atoms. The lowest BCUT2D eigenvalue weighted by Crippen LogP contribution is -2.30. The number of hydrogen-bond acceptors (Lipinski definition) is 4. The van der Waals surface area contributed by atoms with Gasteiger partial charge in [0.05, 0.1) is 5.92 Å². The molecule has 0 bridgehead atoms. The summed E-state index contributed by atoms with van der Waals surface area (Å²) in [6.07, 6.45) is 0.753. The van der Waals surface area contributed by atoms with Crippen molar-refractivity contribution in [1.29, 1.82) is 0 Å². The Morgan fingerprint density at radius 3 is 2.78 bits per heavy atom. The van der Waals surface area contributed by atoms with E-state index in [4.69, 9.17) is 11.6 Å². The summed E-state index contributed by atoms with van der Waals surface area (Å²) in [5.41, 5.74) is 2.33. The number of ketones is 1. The third kappa shape index (κ3) is 3.61. The number of nitrogens with zero attached hydrogens (tertiary/aromatic N) is 2. The molecular weight excluding hydrogens is 364 g/mol. The Balaban J connectivity index is 1.35. The summed E-state index contributed by atoms with van der Waals surface area (Å²) in [7, 11) is 0. The van der Waals surface area contributed by atoms with Gasteiger partial charge < -0.3 is 5.32 Å². The lowest BCUT2D eigenvalue weighted by molar-refractivity contribution is -0.122. The van der Waals surface area contributed by atoms with Crippen LogP contribution in [0.25, 0.3) is 11.4 Å². The normalized spacial score (nSPS) is 15.6. The van der Waals surface area contributed by atoms with Gasteiger partial charge in [0.25, 0.3) is 0 Å². The number of nitrogens with one attached hydrogen (secondary N) is 2. The second kappa shape index (κ2) is 7.32. The van der Waals surface area contributed by atoms with Gasteiger partial charge in [-0.05, 0) is 29.8 Å². The molecule has 0 radical (unpaired) electrons. The van der Waals surface area contributed by atoms with Crippen molar-refractivity contribution >= 4 is 23.3 Å². The van der Waals surface area contributed by atoms with Crippen LogP contribution in [0.2, 0.25) is 5.02 Å². The maximum Gasteiger partial charge on any atom is 0.228 e. The average Bonchev–Trinajstić information content (AvgIpc) is 3.28. The van der Waals surface area contributed by atoms with E-state index in [2.05, 4.69) is 20.5 Å². The maximum absolute atomic E-state index is 12.5. The van der Waals surface area contributed by atoms with E-state index in [0.29, 0.717) is 35.2 Å². The second-order valence-electron chi connectivity index (χ2n) is 6.42. The molecule has 1 atom stereocenters. The van der Waals surface area contributed by atoms with Gasteiger partial charge in [-0.1, -0.05) is 35.9 Å². The highest BCUT2D eigenvalue weighted by molar-refractivity contribution is 6.30. The molecule has 1 heterocycles. The molecule has 0 spiro atoms. The largest absolute Gasteiger partial charge is 0.355 e. The first-order valence-electron chi connectivity index (χ1n) is 8.69. The minimum Gasteiger partial charge on any atom is -0.355 e. The summed E-state index contributed by atoms with van der Waals surface area (Å²) in [4.78, 5) is 28.9. The van der Waals surface area contributed by atoms with Crippen LogP contribution in [0.15, 0.2) is 48.5 Å². The number of halogens is 1. The van der Waals surface area contributed by atoms with Crippen LogP contribution in [0.5, 0.6) is 0 Å². The molecular formula is C20H17ClN4O2. The number of hydrogen-bond donors (Lipinski definition) is 2. The van der Waals surface area contributed by atoms with Crippen LogP contribution >= 0.6 is 11.6 Å². The van der Waals surface area contributed by atoms with Crippen LogP contribution in [0.4, 0.5) is 0 Å². The van der Waals surface area contributed by atoms with Crippen LogP contribution in [0.3, 0.4) is 0 Å². The van der Waals surface area contributed by atoms with Crippen molar-refractivity contribution in [1.82, 2.24) is 20.5 Å². The average molecular weight is 381 g/mol. The predicted octanol–water partition coefficient (Wildman–Crippen LogP) is 3.15. The molecule has 0 fully saturated rings. The second-order valence-corrected chi connectivity index (χ2v) is 6.86. The van der Waals surface area contributed by atoms with Crippen LogP contribution in [-0.4, -0.2) is 33.4 Å². The third-order valence-corrected chi connectivity index (χ3v) is 4.89. The fraction of sp³-hybridized carbons (Fsp3) is 0.200. The van der Waals surface area contributed by atoms with Gasteiger partial charge in [-0.3, -0.25) is 14.7 Å². The van der Waals surface area contributed by atoms with E-state index in [1.54, 1.807) is 18.2 Å². The number of aromatic nitrogens is 3. The summed E-state index contributed by atoms with van der Waals surface area (Å²) in [5.74, 6) is 0.749. The molecule has 0 saturated heterocycles. The van der Waals surface area contributed by atoms with Crippen LogP contribution in [0.1, 0.15) is 34.1 Å². The van der Waals surface area contributed by atoms with E-state index < -0.39 is 5.92 Å². The molecule has 136 valence electrons. The van der Waals surface area contributed by atoms with E-state index in [9.17, 15) is 9.59 Å². The number of aromatic amines is 1.